The monoisotopic (exact) mass is 286 g/mol. The first-order valence-corrected chi connectivity index (χ1v) is 7.11. The summed E-state index contributed by atoms with van der Waals surface area (Å²) < 4.78 is 2.08. The predicted octanol–water partition coefficient (Wildman–Crippen LogP) is 3.58. The Morgan fingerprint density at radius 3 is 2.41 bits per heavy atom. The highest BCUT2D eigenvalue weighted by atomic mass is 15.1. The summed E-state index contributed by atoms with van der Waals surface area (Å²) in [7, 11) is 3.92. The lowest BCUT2D eigenvalue weighted by atomic mass is 10.1. The summed E-state index contributed by atoms with van der Waals surface area (Å²) >= 11 is 0. The van der Waals surface area contributed by atoms with Crippen molar-refractivity contribution in [3.63, 3.8) is 0 Å². The van der Waals surface area contributed by atoms with Crippen molar-refractivity contribution in [1.29, 1.82) is 5.26 Å². The van der Waals surface area contributed by atoms with Crippen molar-refractivity contribution in [2.45, 2.75) is 0 Å². The number of nitrogens with zero attached hydrogens (tertiary/aromatic N) is 4. The molecule has 0 saturated heterocycles. The number of rotatable bonds is 1. The van der Waals surface area contributed by atoms with Gasteiger partial charge in [-0.05, 0) is 18.2 Å². The summed E-state index contributed by atoms with van der Waals surface area (Å²) in [5, 5.41) is 10.8. The molecule has 0 radical (unpaired) electrons. The molecular formula is C18H14N4. The predicted molar refractivity (Wildman–Crippen MR) is 89.2 cm³/mol. The van der Waals surface area contributed by atoms with Crippen molar-refractivity contribution in [3.8, 4) is 6.07 Å². The van der Waals surface area contributed by atoms with Crippen LogP contribution in [0.2, 0.25) is 0 Å². The molecule has 0 N–H and O–H groups in total. The fraction of sp³-hybridized carbons (Fsp3) is 0.111. The van der Waals surface area contributed by atoms with E-state index >= 15 is 0 Å². The number of para-hydroxylation sites is 3. The van der Waals surface area contributed by atoms with Crippen molar-refractivity contribution < 1.29 is 0 Å². The molecule has 22 heavy (non-hydrogen) atoms. The Kier molecular flexibility index (Phi) is 2.57. The summed E-state index contributed by atoms with van der Waals surface area (Å²) in [5.74, 6) is 0. The maximum atomic E-state index is 9.72. The van der Waals surface area contributed by atoms with E-state index in [1.165, 1.54) is 0 Å². The number of hydrogen-bond donors (Lipinski definition) is 0. The molecule has 2 aromatic heterocycles. The van der Waals surface area contributed by atoms with E-state index in [1.807, 2.05) is 55.4 Å². The van der Waals surface area contributed by atoms with Crippen LogP contribution in [0.3, 0.4) is 0 Å². The number of benzene rings is 2. The Balaban J connectivity index is 2.40. The van der Waals surface area contributed by atoms with E-state index in [1.54, 1.807) is 0 Å². The van der Waals surface area contributed by atoms with Crippen LogP contribution in [0.5, 0.6) is 0 Å². The Bertz CT molecular complexity index is 1070. The number of pyridine rings is 1. The van der Waals surface area contributed by atoms with E-state index in [2.05, 4.69) is 22.6 Å². The van der Waals surface area contributed by atoms with Gasteiger partial charge in [0.2, 0.25) is 0 Å². The zero-order valence-electron chi connectivity index (χ0n) is 12.4. The maximum Gasteiger partial charge on any atom is 0.158 e. The Morgan fingerprint density at radius 1 is 1.00 bits per heavy atom. The molecule has 0 aliphatic rings. The van der Waals surface area contributed by atoms with E-state index in [0.29, 0.717) is 11.2 Å². The van der Waals surface area contributed by atoms with Gasteiger partial charge in [-0.25, -0.2) is 4.98 Å². The highest BCUT2D eigenvalue weighted by Crippen LogP contribution is 2.34. The summed E-state index contributed by atoms with van der Waals surface area (Å²) in [6, 6.07) is 18.5. The van der Waals surface area contributed by atoms with Crippen LogP contribution < -0.4 is 4.90 Å². The van der Waals surface area contributed by atoms with Crippen LogP contribution in [0.1, 0.15) is 5.56 Å². The average Bonchev–Trinajstić information content (AvgIpc) is 2.92. The van der Waals surface area contributed by atoms with E-state index < -0.39 is 0 Å². The lowest BCUT2D eigenvalue weighted by Gasteiger charge is -2.18. The summed E-state index contributed by atoms with van der Waals surface area (Å²) in [4.78, 5) is 6.68. The molecule has 2 heterocycles. The van der Waals surface area contributed by atoms with Crippen molar-refractivity contribution in [2.75, 3.05) is 19.0 Å². The number of fused-ring (bicyclic) bond motifs is 5. The second-order valence-corrected chi connectivity index (χ2v) is 5.51. The fourth-order valence-corrected chi connectivity index (χ4v) is 3.11. The van der Waals surface area contributed by atoms with Crippen LogP contribution >= 0.6 is 0 Å². The van der Waals surface area contributed by atoms with Gasteiger partial charge in [-0.3, -0.25) is 4.40 Å². The second kappa shape index (κ2) is 4.47. The van der Waals surface area contributed by atoms with Crippen LogP contribution in [-0.4, -0.2) is 23.5 Å². The Morgan fingerprint density at radius 2 is 1.68 bits per heavy atom. The first-order valence-electron chi connectivity index (χ1n) is 7.11. The zero-order chi connectivity index (χ0) is 15.3. The van der Waals surface area contributed by atoms with Crippen molar-refractivity contribution >= 4 is 33.3 Å². The van der Waals surface area contributed by atoms with Gasteiger partial charge in [-0.2, -0.15) is 5.26 Å². The molecule has 2 aromatic carbocycles. The minimum absolute atomic E-state index is 0.611. The lowest BCUT2D eigenvalue weighted by Crippen LogP contribution is -2.12. The van der Waals surface area contributed by atoms with Gasteiger partial charge in [0.15, 0.2) is 5.65 Å². The largest absolute Gasteiger partial charge is 0.376 e. The summed E-state index contributed by atoms with van der Waals surface area (Å²) in [5.41, 5.74) is 5.23. The van der Waals surface area contributed by atoms with Crippen LogP contribution in [0.4, 0.5) is 5.69 Å². The van der Waals surface area contributed by atoms with Crippen LogP contribution in [-0.2, 0) is 0 Å². The molecule has 4 heteroatoms. The summed E-state index contributed by atoms with van der Waals surface area (Å²) in [6.45, 7) is 0. The molecule has 0 fully saturated rings. The molecule has 4 aromatic rings. The normalized spacial score (nSPS) is 11.1. The van der Waals surface area contributed by atoms with E-state index in [4.69, 9.17) is 4.98 Å². The van der Waals surface area contributed by atoms with Gasteiger partial charge in [-0.15, -0.1) is 0 Å². The average molecular weight is 286 g/mol. The smallest absolute Gasteiger partial charge is 0.158 e. The molecule has 4 rings (SSSR count). The number of imidazole rings is 1. The number of hydrogen-bond acceptors (Lipinski definition) is 3. The van der Waals surface area contributed by atoms with Gasteiger partial charge in [0.1, 0.15) is 11.6 Å². The van der Waals surface area contributed by atoms with Crippen molar-refractivity contribution in [3.05, 3.63) is 54.1 Å². The van der Waals surface area contributed by atoms with Gasteiger partial charge in [0, 0.05) is 19.5 Å². The second-order valence-electron chi connectivity index (χ2n) is 5.51. The molecular weight excluding hydrogens is 272 g/mol. The number of nitriles is 1. The fourth-order valence-electron chi connectivity index (χ4n) is 3.11. The molecule has 0 bridgehead atoms. The van der Waals surface area contributed by atoms with Gasteiger partial charge in [-0.1, -0.05) is 30.3 Å². The molecule has 0 unspecified atom stereocenters. The molecule has 0 saturated carbocycles. The van der Waals surface area contributed by atoms with Gasteiger partial charge >= 0.3 is 0 Å². The SMILES string of the molecule is CN(C)c1c(C#N)c2nc3ccccc3n2c2ccccc12. The third-order valence-corrected chi connectivity index (χ3v) is 3.98. The molecule has 0 amide bonds. The van der Waals surface area contributed by atoms with Crippen LogP contribution in [0, 0.1) is 11.3 Å². The quantitative estimate of drug-likeness (QED) is 0.537. The number of anilines is 1. The van der Waals surface area contributed by atoms with E-state index in [9.17, 15) is 5.26 Å². The first kappa shape index (κ1) is 12.7. The van der Waals surface area contributed by atoms with Crippen molar-refractivity contribution in [2.24, 2.45) is 0 Å². The highest BCUT2D eigenvalue weighted by molar-refractivity contribution is 6.02. The Labute approximate surface area is 127 Å². The van der Waals surface area contributed by atoms with Crippen LogP contribution in [0.15, 0.2) is 48.5 Å². The van der Waals surface area contributed by atoms with Gasteiger partial charge in [0.25, 0.3) is 0 Å². The molecule has 4 nitrogen and oxygen atoms in total. The van der Waals surface area contributed by atoms with Gasteiger partial charge in [0.05, 0.1) is 22.2 Å². The standard InChI is InChI=1S/C18H14N4/c1-21(2)17-12-7-3-5-9-15(12)22-16-10-6-4-8-14(16)20-18(22)13(17)11-19/h3-10H,1-2H3. The number of aromatic nitrogens is 2. The molecule has 0 spiro atoms. The van der Waals surface area contributed by atoms with E-state index in [0.717, 1.165) is 27.6 Å². The zero-order valence-corrected chi connectivity index (χ0v) is 12.4. The lowest BCUT2D eigenvalue weighted by molar-refractivity contribution is 1.13. The van der Waals surface area contributed by atoms with E-state index in [-0.39, 0.29) is 0 Å². The first-order chi connectivity index (χ1) is 10.7. The third kappa shape index (κ3) is 1.54. The van der Waals surface area contributed by atoms with Crippen LogP contribution in [0.25, 0.3) is 27.6 Å². The summed E-state index contributed by atoms with van der Waals surface area (Å²) in [6.07, 6.45) is 0. The third-order valence-electron chi connectivity index (χ3n) is 3.98. The van der Waals surface area contributed by atoms with Crippen molar-refractivity contribution in [1.82, 2.24) is 9.38 Å². The minimum Gasteiger partial charge on any atom is -0.376 e. The van der Waals surface area contributed by atoms with Gasteiger partial charge < -0.3 is 4.90 Å². The highest BCUT2D eigenvalue weighted by Gasteiger charge is 2.18. The minimum atomic E-state index is 0.611. The maximum absolute atomic E-state index is 9.72. The Hall–Kier alpha value is -3.06. The molecule has 0 aliphatic heterocycles. The molecule has 0 atom stereocenters. The topological polar surface area (TPSA) is 44.3 Å². The molecule has 106 valence electrons. The molecule has 0 aliphatic carbocycles.